The van der Waals surface area contributed by atoms with Crippen LogP contribution >= 0.6 is 23.1 Å². The van der Waals surface area contributed by atoms with E-state index in [1.807, 2.05) is 17.0 Å². The molecular formula is C25H24N4O2S2. The molecule has 5 rings (SSSR count). The third-order valence-electron chi connectivity index (χ3n) is 5.88. The number of aryl methyl sites for hydroxylation is 1. The maximum atomic E-state index is 12.9. The van der Waals surface area contributed by atoms with Crippen LogP contribution in [0.5, 0.6) is 5.75 Å². The van der Waals surface area contributed by atoms with Gasteiger partial charge in [-0.3, -0.25) is 4.79 Å². The summed E-state index contributed by atoms with van der Waals surface area (Å²) in [6.45, 7) is 5.01. The Morgan fingerprint density at radius 1 is 1.03 bits per heavy atom. The van der Waals surface area contributed by atoms with Crippen molar-refractivity contribution < 1.29 is 9.90 Å². The number of phenolic OH excluding ortho intramolecular Hbond substituents is 1. The summed E-state index contributed by atoms with van der Waals surface area (Å²) in [5, 5.41) is 13.5. The Bertz CT molecular complexity index is 1260. The molecule has 3 heterocycles. The van der Waals surface area contributed by atoms with Crippen LogP contribution in [-0.4, -0.2) is 57.8 Å². The molecule has 168 valence electrons. The minimum atomic E-state index is 0.129. The topological polar surface area (TPSA) is 69.6 Å². The number of nitrogens with zero attached hydrogens (tertiary/aromatic N) is 4. The van der Waals surface area contributed by atoms with Crippen molar-refractivity contribution in [1.29, 1.82) is 0 Å². The van der Waals surface area contributed by atoms with Crippen LogP contribution in [0.2, 0.25) is 0 Å². The SMILES string of the molecule is Cc1ccc(-c2csc3ncnc(SCC(=O)N4CCN(c5ccc(O)cc5)CC4)c23)cc1. The van der Waals surface area contributed by atoms with Crippen LogP contribution in [-0.2, 0) is 4.79 Å². The maximum Gasteiger partial charge on any atom is 0.233 e. The molecule has 8 heteroatoms. The van der Waals surface area contributed by atoms with E-state index in [4.69, 9.17) is 0 Å². The summed E-state index contributed by atoms with van der Waals surface area (Å²) in [7, 11) is 0. The molecule has 4 aromatic rings. The van der Waals surface area contributed by atoms with Crippen molar-refractivity contribution >= 4 is 44.9 Å². The molecule has 0 radical (unpaired) electrons. The van der Waals surface area contributed by atoms with Crippen molar-refractivity contribution in [3.8, 4) is 16.9 Å². The van der Waals surface area contributed by atoms with Crippen LogP contribution in [0.15, 0.2) is 65.3 Å². The lowest BCUT2D eigenvalue weighted by Gasteiger charge is -2.36. The fraction of sp³-hybridized carbons (Fsp3) is 0.240. The zero-order chi connectivity index (χ0) is 22.8. The fourth-order valence-electron chi connectivity index (χ4n) is 4.00. The van der Waals surface area contributed by atoms with E-state index in [0.717, 1.165) is 45.1 Å². The molecule has 0 saturated carbocycles. The lowest BCUT2D eigenvalue weighted by atomic mass is 10.1. The number of amides is 1. The highest BCUT2D eigenvalue weighted by molar-refractivity contribution is 8.00. The number of piperazine rings is 1. The van der Waals surface area contributed by atoms with Crippen molar-refractivity contribution in [2.24, 2.45) is 0 Å². The number of fused-ring (bicyclic) bond motifs is 1. The highest BCUT2D eigenvalue weighted by atomic mass is 32.2. The van der Waals surface area contributed by atoms with Crippen LogP contribution < -0.4 is 4.90 Å². The van der Waals surface area contributed by atoms with Gasteiger partial charge in [0.25, 0.3) is 0 Å². The summed E-state index contributed by atoms with van der Waals surface area (Å²) < 4.78 is 0. The average molecular weight is 477 g/mol. The minimum absolute atomic E-state index is 0.129. The number of carbonyl (C=O) groups excluding carboxylic acids is 1. The third kappa shape index (κ3) is 4.67. The van der Waals surface area contributed by atoms with Crippen molar-refractivity contribution in [2.75, 3.05) is 36.8 Å². The number of phenols is 1. The van der Waals surface area contributed by atoms with E-state index in [1.54, 1.807) is 29.8 Å². The number of thiophene rings is 1. The van der Waals surface area contributed by atoms with Gasteiger partial charge in [-0.15, -0.1) is 11.3 Å². The van der Waals surface area contributed by atoms with E-state index in [0.29, 0.717) is 18.8 Å². The first kappa shape index (κ1) is 21.7. The molecule has 0 bridgehead atoms. The summed E-state index contributed by atoms with van der Waals surface area (Å²) in [5.74, 6) is 0.748. The van der Waals surface area contributed by atoms with Crippen molar-refractivity contribution in [3.63, 3.8) is 0 Å². The predicted octanol–water partition coefficient (Wildman–Crippen LogP) is 4.81. The Kier molecular flexibility index (Phi) is 6.20. The first-order valence-corrected chi connectivity index (χ1v) is 12.7. The zero-order valence-electron chi connectivity index (χ0n) is 18.3. The number of benzene rings is 2. The van der Waals surface area contributed by atoms with Gasteiger partial charge in [0.1, 0.15) is 21.9 Å². The first-order chi connectivity index (χ1) is 16.1. The van der Waals surface area contributed by atoms with Gasteiger partial charge in [0.05, 0.1) is 11.1 Å². The Balaban J connectivity index is 1.25. The lowest BCUT2D eigenvalue weighted by Crippen LogP contribution is -2.49. The molecule has 33 heavy (non-hydrogen) atoms. The van der Waals surface area contributed by atoms with E-state index in [2.05, 4.69) is 51.4 Å². The minimum Gasteiger partial charge on any atom is -0.508 e. The smallest absolute Gasteiger partial charge is 0.233 e. The molecule has 1 aliphatic rings. The van der Waals surface area contributed by atoms with Gasteiger partial charge in [0, 0.05) is 42.8 Å². The Morgan fingerprint density at radius 3 is 2.48 bits per heavy atom. The average Bonchev–Trinajstić information content (AvgIpc) is 3.28. The number of carbonyl (C=O) groups is 1. The monoisotopic (exact) mass is 476 g/mol. The predicted molar refractivity (Wildman–Crippen MR) is 135 cm³/mol. The molecule has 1 saturated heterocycles. The van der Waals surface area contributed by atoms with Crippen LogP contribution in [0, 0.1) is 6.92 Å². The number of anilines is 1. The first-order valence-electron chi connectivity index (χ1n) is 10.8. The second kappa shape index (κ2) is 9.41. The van der Waals surface area contributed by atoms with Gasteiger partial charge in [-0.1, -0.05) is 41.6 Å². The molecule has 0 atom stereocenters. The highest BCUT2D eigenvalue weighted by Crippen LogP contribution is 2.38. The lowest BCUT2D eigenvalue weighted by molar-refractivity contribution is -0.128. The number of thioether (sulfide) groups is 1. The summed E-state index contributed by atoms with van der Waals surface area (Å²) in [6.07, 6.45) is 1.58. The number of rotatable bonds is 5. The van der Waals surface area contributed by atoms with Gasteiger partial charge in [0.15, 0.2) is 0 Å². The molecule has 0 spiro atoms. The largest absolute Gasteiger partial charge is 0.508 e. The van der Waals surface area contributed by atoms with E-state index >= 15 is 0 Å². The van der Waals surface area contributed by atoms with Gasteiger partial charge in [-0.2, -0.15) is 0 Å². The standard InChI is InChI=1S/C25H24N4O2S2/c1-17-2-4-18(5-3-17)21-14-32-24-23(21)25(27-16-26-24)33-15-22(31)29-12-10-28(11-13-29)19-6-8-20(30)9-7-19/h2-9,14,16,30H,10-13,15H2,1H3. The second-order valence-electron chi connectivity index (χ2n) is 8.05. The number of aromatic nitrogens is 2. The molecule has 1 fully saturated rings. The summed E-state index contributed by atoms with van der Waals surface area (Å²) in [6, 6.07) is 15.7. The molecule has 6 nitrogen and oxygen atoms in total. The molecule has 1 aliphatic heterocycles. The van der Waals surface area contributed by atoms with Crippen LogP contribution in [0.4, 0.5) is 5.69 Å². The molecule has 1 N–H and O–H groups in total. The Hall–Kier alpha value is -3.10. The van der Waals surface area contributed by atoms with Crippen LogP contribution in [0.25, 0.3) is 21.3 Å². The Labute approximate surface area is 200 Å². The van der Waals surface area contributed by atoms with Gasteiger partial charge in [-0.05, 0) is 36.8 Å². The van der Waals surface area contributed by atoms with Gasteiger partial charge in [-0.25, -0.2) is 9.97 Å². The molecular weight excluding hydrogens is 452 g/mol. The number of hydrogen-bond donors (Lipinski definition) is 1. The summed E-state index contributed by atoms with van der Waals surface area (Å²) in [4.78, 5) is 27.0. The molecule has 2 aromatic carbocycles. The maximum absolute atomic E-state index is 12.9. The highest BCUT2D eigenvalue weighted by Gasteiger charge is 2.22. The molecule has 0 unspecified atom stereocenters. The summed E-state index contributed by atoms with van der Waals surface area (Å²) >= 11 is 3.10. The van der Waals surface area contributed by atoms with Gasteiger partial charge >= 0.3 is 0 Å². The molecule has 2 aromatic heterocycles. The third-order valence-corrected chi connectivity index (χ3v) is 7.74. The Morgan fingerprint density at radius 2 is 1.76 bits per heavy atom. The zero-order valence-corrected chi connectivity index (χ0v) is 19.9. The van der Waals surface area contributed by atoms with E-state index in [9.17, 15) is 9.90 Å². The van der Waals surface area contributed by atoms with Crippen LogP contribution in [0.1, 0.15) is 5.56 Å². The van der Waals surface area contributed by atoms with Crippen molar-refractivity contribution in [1.82, 2.24) is 14.9 Å². The van der Waals surface area contributed by atoms with Gasteiger partial charge in [0.2, 0.25) is 5.91 Å². The number of hydrogen-bond acceptors (Lipinski definition) is 7. The van der Waals surface area contributed by atoms with Crippen LogP contribution in [0.3, 0.4) is 0 Å². The fourth-order valence-corrected chi connectivity index (χ4v) is 5.90. The van der Waals surface area contributed by atoms with E-state index < -0.39 is 0 Å². The molecule has 0 aliphatic carbocycles. The summed E-state index contributed by atoms with van der Waals surface area (Å²) in [5.41, 5.74) is 4.55. The quantitative estimate of drug-likeness (QED) is 0.329. The van der Waals surface area contributed by atoms with Gasteiger partial charge < -0.3 is 14.9 Å². The normalized spacial score (nSPS) is 14.1. The van der Waals surface area contributed by atoms with E-state index in [-0.39, 0.29) is 11.7 Å². The number of aromatic hydroxyl groups is 1. The van der Waals surface area contributed by atoms with Crippen molar-refractivity contribution in [3.05, 3.63) is 65.8 Å². The second-order valence-corrected chi connectivity index (χ2v) is 9.87. The van der Waals surface area contributed by atoms with Crippen molar-refractivity contribution in [2.45, 2.75) is 11.9 Å². The molecule has 1 amide bonds. The van der Waals surface area contributed by atoms with E-state index in [1.165, 1.54) is 17.3 Å².